The number of hydrogen-bond acceptors (Lipinski definition) is 8. The number of alkyl halides is 3. The lowest BCUT2D eigenvalue weighted by Crippen LogP contribution is -2.37. The first kappa shape index (κ1) is 23.4. The second kappa shape index (κ2) is 8.91. The molecular formula is C19H22F3N5O5S. The van der Waals surface area contributed by atoms with Crippen molar-refractivity contribution >= 4 is 28.5 Å². The highest BCUT2D eigenvalue weighted by atomic mass is 32.1. The summed E-state index contributed by atoms with van der Waals surface area (Å²) in [6.07, 6.45) is -2.07. The fraction of sp³-hybridized carbons (Fsp3) is 0.579. The molecule has 2 N–H and O–H groups in total. The van der Waals surface area contributed by atoms with E-state index in [0.717, 1.165) is 22.4 Å². The molecule has 3 heterocycles. The van der Waals surface area contributed by atoms with Gasteiger partial charge in [-0.05, 0) is 25.8 Å². The van der Waals surface area contributed by atoms with E-state index in [4.69, 9.17) is 9.47 Å². The van der Waals surface area contributed by atoms with Crippen LogP contribution in [0.4, 0.5) is 23.1 Å². The van der Waals surface area contributed by atoms with Crippen molar-refractivity contribution in [3.63, 3.8) is 0 Å². The van der Waals surface area contributed by atoms with Gasteiger partial charge in [0.05, 0.1) is 23.3 Å². The molecule has 2 aromatic rings. The number of hydrogen-bond donors (Lipinski definition) is 2. The second-order valence-corrected chi connectivity index (χ2v) is 9.23. The molecule has 0 radical (unpaired) electrons. The second-order valence-electron chi connectivity index (χ2n) is 8.17. The number of amides is 2. The molecule has 0 aromatic carbocycles. The van der Waals surface area contributed by atoms with Crippen LogP contribution < -0.4 is 10.6 Å². The van der Waals surface area contributed by atoms with Crippen molar-refractivity contribution in [1.29, 1.82) is 0 Å². The van der Waals surface area contributed by atoms with Crippen LogP contribution in [-0.4, -0.2) is 51.4 Å². The van der Waals surface area contributed by atoms with Gasteiger partial charge in [-0.25, -0.2) is 9.78 Å². The molecule has 180 valence electrons. The lowest BCUT2D eigenvalue weighted by molar-refractivity contribution is -0.330. The molecule has 10 nitrogen and oxygen atoms in total. The third-order valence-electron chi connectivity index (χ3n) is 5.25. The predicted octanol–water partition coefficient (Wildman–Crippen LogP) is 3.27. The summed E-state index contributed by atoms with van der Waals surface area (Å²) in [5.74, 6) is -0.581. The van der Waals surface area contributed by atoms with Crippen molar-refractivity contribution in [3.8, 4) is 0 Å². The van der Waals surface area contributed by atoms with Crippen LogP contribution in [0.5, 0.6) is 0 Å². The van der Waals surface area contributed by atoms with Crippen molar-refractivity contribution < 1.29 is 37.0 Å². The zero-order valence-electron chi connectivity index (χ0n) is 17.8. The van der Waals surface area contributed by atoms with Crippen LogP contribution in [0.15, 0.2) is 12.3 Å². The van der Waals surface area contributed by atoms with Gasteiger partial charge in [0.2, 0.25) is 0 Å². The average molecular weight is 489 g/mol. The van der Waals surface area contributed by atoms with Gasteiger partial charge in [0.1, 0.15) is 18.4 Å². The monoisotopic (exact) mass is 489 g/mol. The molecule has 0 unspecified atom stereocenters. The Morgan fingerprint density at radius 3 is 2.85 bits per heavy atom. The summed E-state index contributed by atoms with van der Waals surface area (Å²) in [5.41, 5.74) is -0.154. The van der Waals surface area contributed by atoms with Gasteiger partial charge < -0.3 is 14.8 Å². The molecule has 0 bridgehead atoms. The lowest BCUT2D eigenvalue weighted by Gasteiger charge is -2.15. The van der Waals surface area contributed by atoms with Crippen molar-refractivity contribution in [2.24, 2.45) is 7.05 Å². The molecule has 1 saturated carbocycles. The standard InChI is InChI=1S/C19H22F3N5O5S/c1-18(3-4-18)25-17(29)32-11-6-13(30-9-11)14-7-23-16(33-14)24-15(28)12-5-10(26-27(12)2)8-31-19(20,21)22/h5,7,11,13H,3-4,6,8-9H2,1-2H3,(H,25,29)(H,23,24,28)/t11-,13-/m0/s1. The number of alkyl carbamates (subject to hydrolysis) is 1. The lowest BCUT2D eigenvalue weighted by atomic mass is 10.2. The van der Waals surface area contributed by atoms with Crippen LogP contribution in [0.1, 0.15) is 53.3 Å². The van der Waals surface area contributed by atoms with Gasteiger partial charge in [-0.1, -0.05) is 11.3 Å². The zero-order chi connectivity index (χ0) is 23.8. The number of carbonyl (C=O) groups excluding carboxylic acids is 2. The first-order valence-electron chi connectivity index (χ1n) is 10.1. The Balaban J connectivity index is 1.29. The van der Waals surface area contributed by atoms with Crippen LogP contribution >= 0.6 is 11.3 Å². The number of aromatic nitrogens is 3. The molecular weight excluding hydrogens is 467 g/mol. The minimum atomic E-state index is -4.79. The molecule has 2 atom stereocenters. The topological polar surface area (TPSA) is 117 Å². The molecule has 1 aliphatic carbocycles. The van der Waals surface area contributed by atoms with Crippen molar-refractivity contribution in [3.05, 3.63) is 28.5 Å². The summed E-state index contributed by atoms with van der Waals surface area (Å²) in [4.78, 5) is 29.4. The number of anilines is 1. The molecule has 2 aromatic heterocycles. The Morgan fingerprint density at radius 1 is 1.39 bits per heavy atom. The van der Waals surface area contributed by atoms with E-state index >= 15 is 0 Å². The van der Waals surface area contributed by atoms with E-state index in [1.807, 2.05) is 6.92 Å². The number of aryl methyl sites for hydroxylation is 1. The molecule has 1 aliphatic heterocycles. The van der Waals surface area contributed by atoms with E-state index in [-0.39, 0.29) is 40.9 Å². The quantitative estimate of drug-likeness (QED) is 0.613. The van der Waals surface area contributed by atoms with E-state index in [9.17, 15) is 22.8 Å². The molecule has 2 fully saturated rings. The number of rotatable bonds is 7. The summed E-state index contributed by atoms with van der Waals surface area (Å²) in [6, 6.07) is 1.21. The Hall–Kier alpha value is -2.71. The van der Waals surface area contributed by atoms with Crippen molar-refractivity contribution in [2.75, 3.05) is 11.9 Å². The fourth-order valence-electron chi connectivity index (χ4n) is 3.24. The SMILES string of the molecule is Cn1nc(COC(F)(F)F)cc1C(=O)Nc1ncc([C@@H]2C[C@H](OC(=O)NC3(C)CC3)CO2)s1. The van der Waals surface area contributed by atoms with E-state index in [2.05, 4.69) is 25.5 Å². The van der Waals surface area contributed by atoms with Gasteiger partial charge in [-0.3, -0.25) is 19.5 Å². The molecule has 2 amide bonds. The maximum Gasteiger partial charge on any atom is 0.522 e. The zero-order valence-corrected chi connectivity index (χ0v) is 18.6. The van der Waals surface area contributed by atoms with Crippen LogP contribution in [0, 0.1) is 0 Å². The maximum atomic E-state index is 12.5. The Labute approximate surface area is 190 Å². The number of nitrogens with zero attached hydrogens (tertiary/aromatic N) is 3. The largest absolute Gasteiger partial charge is 0.522 e. The number of nitrogens with one attached hydrogen (secondary N) is 2. The Morgan fingerprint density at radius 2 is 2.15 bits per heavy atom. The first-order chi connectivity index (χ1) is 15.5. The highest BCUT2D eigenvalue weighted by Crippen LogP contribution is 2.36. The maximum absolute atomic E-state index is 12.5. The van der Waals surface area contributed by atoms with E-state index in [0.29, 0.717) is 6.42 Å². The molecule has 1 saturated heterocycles. The predicted molar refractivity (Wildman–Crippen MR) is 108 cm³/mol. The van der Waals surface area contributed by atoms with E-state index in [1.165, 1.54) is 24.5 Å². The fourth-order valence-corrected chi connectivity index (χ4v) is 4.11. The molecule has 14 heteroatoms. The summed E-state index contributed by atoms with van der Waals surface area (Å²) in [7, 11) is 1.44. The molecule has 2 aliphatic rings. The smallest absolute Gasteiger partial charge is 0.444 e. The van der Waals surface area contributed by atoms with Crippen LogP contribution in [0.2, 0.25) is 0 Å². The van der Waals surface area contributed by atoms with Gasteiger partial charge in [0, 0.05) is 25.2 Å². The van der Waals surface area contributed by atoms with Gasteiger partial charge in [0.15, 0.2) is 5.13 Å². The van der Waals surface area contributed by atoms with Crippen LogP contribution in [0.25, 0.3) is 0 Å². The van der Waals surface area contributed by atoms with E-state index < -0.39 is 25.0 Å². The first-order valence-corrected chi connectivity index (χ1v) is 10.9. The third kappa shape index (κ3) is 6.21. The minimum absolute atomic E-state index is 0.0371. The van der Waals surface area contributed by atoms with Crippen molar-refractivity contribution in [1.82, 2.24) is 20.1 Å². The van der Waals surface area contributed by atoms with Gasteiger partial charge >= 0.3 is 12.5 Å². The van der Waals surface area contributed by atoms with Gasteiger partial charge in [0.25, 0.3) is 5.91 Å². The van der Waals surface area contributed by atoms with Gasteiger partial charge in [-0.2, -0.15) is 5.10 Å². The third-order valence-corrected chi connectivity index (χ3v) is 6.25. The average Bonchev–Trinajstić information content (AvgIpc) is 3.12. The normalized spacial score (nSPS) is 21.6. The summed E-state index contributed by atoms with van der Waals surface area (Å²) in [6.45, 7) is 1.41. The molecule has 33 heavy (non-hydrogen) atoms. The van der Waals surface area contributed by atoms with Crippen molar-refractivity contribution in [2.45, 2.75) is 56.9 Å². The summed E-state index contributed by atoms with van der Waals surface area (Å²) >= 11 is 1.19. The number of ether oxygens (including phenoxy) is 3. The Bertz CT molecular complexity index is 1040. The van der Waals surface area contributed by atoms with E-state index in [1.54, 1.807) is 6.20 Å². The Kier molecular flexibility index (Phi) is 6.33. The number of carbonyl (C=O) groups is 2. The number of halogens is 3. The summed E-state index contributed by atoms with van der Waals surface area (Å²) < 4.78 is 52.6. The highest BCUT2D eigenvalue weighted by molar-refractivity contribution is 7.15. The van der Waals surface area contributed by atoms with Crippen LogP contribution in [-0.2, 0) is 27.9 Å². The minimum Gasteiger partial charge on any atom is -0.444 e. The molecule has 0 spiro atoms. The molecule has 4 rings (SSSR count). The van der Waals surface area contributed by atoms with Crippen LogP contribution in [0.3, 0.4) is 0 Å². The number of thiazole rings is 1. The highest BCUT2D eigenvalue weighted by Gasteiger charge is 2.40. The van der Waals surface area contributed by atoms with Gasteiger partial charge in [-0.15, -0.1) is 13.2 Å². The summed E-state index contributed by atoms with van der Waals surface area (Å²) in [5, 5.41) is 9.57.